The maximum Gasteiger partial charge on any atom is 0.159 e. The topological polar surface area (TPSA) is 82.3 Å². The van der Waals surface area contributed by atoms with Crippen LogP contribution in [-0.4, -0.2) is 31.7 Å². The molecule has 0 saturated heterocycles. The number of hydrogen-bond acceptors (Lipinski definition) is 4. The summed E-state index contributed by atoms with van der Waals surface area (Å²) in [7, 11) is 0. The highest BCUT2D eigenvalue weighted by molar-refractivity contribution is 5.98. The fraction of sp³-hybridized carbons (Fsp3) is 0.194. The maximum absolute atomic E-state index is 13.9. The summed E-state index contributed by atoms with van der Waals surface area (Å²) in [6.07, 6.45) is 4.81. The number of nitrogens with zero attached hydrogens (tertiary/aromatic N) is 3. The first kappa shape index (κ1) is 23.9. The number of aromatic amines is 2. The Labute approximate surface area is 220 Å². The third-order valence-electron chi connectivity index (χ3n) is 6.71. The Kier molecular flexibility index (Phi) is 5.91. The second-order valence-corrected chi connectivity index (χ2v) is 10.8. The van der Waals surface area contributed by atoms with E-state index in [1.54, 1.807) is 6.07 Å². The molecule has 0 bridgehead atoms. The standard InChI is InChI=1S/C31H29FN6/c1-31(2,3)12-13-34-23-15-21(17-33-18-23)19-10-11-26-25(16-19)29(38-37-26)30-35-27-9-5-8-24(28(27)36-30)20-6-4-7-22(32)14-20/h4-11,14-18,34H,12-13H2,1-3H3,(H,35,36)(H,37,38). The molecule has 0 unspecified atom stereocenters. The van der Waals surface area contributed by atoms with Gasteiger partial charge in [0, 0.05) is 35.5 Å². The van der Waals surface area contributed by atoms with Crippen LogP contribution in [0.15, 0.2) is 79.1 Å². The highest BCUT2D eigenvalue weighted by Gasteiger charge is 2.16. The van der Waals surface area contributed by atoms with Crippen molar-refractivity contribution < 1.29 is 4.39 Å². The smallest absolute Gasteiger partial charge is 0.159 e. The van der Waals surface area contributed by atoms with Gasteiger partial charge in [-0.05, 0) is 59.4 Å². The van der Waals surface area contributed by atoms with Crippen LogP contribution in [0.5, 0.6) is 0 Å². The van der Waals surface area contributed by atoms with E-state index in [2.05, 4.69) is 64.5 Å². The Morgan fingerprint density at radius 3 is 2.58 bits per heavy atom. The van der Waals surface area contributed by atoms with Gasteiger partial charge in [-0.25, -0.2) is 9.37 Å². The van der Waals surface area contributed by atoms with E-state index in [0.717, 1.165) is 68.5 Å². The summed E-state index contributed by atoms with van der Waals surface area (Å²) in [6.45, 7) is 7.62. The number of hydrogen-bond donors (Lipinski definition) is 3. The molecule has 0 aliphatic heterocycles. The van der Waals surface area contributed by atoms with Crippen LogP contribution in [0.2, 0.25) is 0 Å². The molecule has 0 amide bonds. The molecule has 6 nitrogen and oxygen atoms in total. The molecule has 190 valence electrons. The van der Waals surface area contributed by atoms with Crippen LogP contribution in [0.1, 0.15) is 27.2 Å². The normalized spacial score (nSPS) is 11.9. The molecule has 7 heteroatoms. The molecule has 0 aliphatic carbocycles. The summed E-state index contributed by atoms with van der Waals surface area (Å²) in [4.78, 5) is 12.8. The molecule has 0 spiro atoms. The van der Waals surface area contributed by atoms with Gasteiger partial charge in [-0.15, -0.1) is 0 Å². The first-order chi connectivity index (χ1) is 18.3. The molecule has 6 aromatic rings. The number of para-hydroxylation sites is 1. The largest absolute Gasteiger partial charge is 0.384 e. The summed E-state index contributed by atoms with van der Waals surface area (Å²) in [5, 5.41) is 12.2. The molecule has 3 N–H and O–H groups in total. The summed E-state index contributed by atoms with van der Waals surface area (Å²) < 4.78 is 13.9. The van der Waals surface area contributed by atoms with Gasteiger partial charge in [0.05, 0.1) is 22.2 Å². The molecule has 0 fully saturated rings. The number of anilines is 1. The first-order valence-corrected chi connectivity index (χ1v) is 12.8. The number of fused-ring (bicyclic) bond motifs is 2. The predicted molar refractivity (Wildman–Crippen MR) is 152 cm³/mol. The molecule has 3 aromatic heterocycles. The number of halogens is 1. The van der Waals surface area contributed by atoms with Gasteiger partial charge in [0.1, 0.15) is 11.5 Å². The number of aromatic nitrogens is 5. The van der Waals surface area contributed by atoms with Gasteiger partial charge in [-0.2, -0.15) is 5.10 Å². The van der Waals surface area contributed by atoms with Crippen molar-refractivity contribution >= 4 is 27.6 Å². The summed E-state index contributed by atoms with van der Waals surface area (Å²) in [5.41, 5.74) is 8.29. The van der Waals surface area contributed by atoms with Crippen molar-refractivity contribution in [3.8, 4) is 33.8 Å². The third kappa shape index (κ3) is 4.75. The Morgan fingerprint density at radius 1 is 0.868 bits per heavy atom. The van der Waals surface area contributed by atoms with E-state index in [0.29, 0.717) is 5.82 Å². The lowest BCUT2D eigenvalue weighted by Crippen LogP contribution is -2.12. The van der Waals surface area contributed by atoms with E-state index < -0.39 is 0 Å². The maximum atomic E-state index is 13.9. The van der Waals surface area contributed by atoms with Crippen LogP contribution < -0.4 is 5.32 Å². The second-order valence-electron chi connectivity index (χ2n) is 10.8. The molecular formula is C31H29FN6. The van der Waals surface area contributed by atoms with Crippen LogP contribution in [0.3, 0.4) is 0 Å². The molecule has 0 aliphatic rings. The average molecular weight is 505 g/mol. The number of H-pyrrole nitrogens is 2. The highest BCUT2D eigenvalue weighted by atomic mass is 19.1. The Balaban J connectivity index is 1.36. The molecule has 3 aromatic carbocycles. The van der Waals surface area contributed by atoms with Crippen molar-refractivity contribution in [2.24, 2.45) is 5.41 Å². The molecule has 0 atom stereocenters. The molecule has 3 heterocycles. The SMILES string of the molecule is CC(C)(C)CCNc1cncc(-c2ccc3[nH]nc(-c4nc5c(-c6cccc(F)c6)cccc5[nH]4)c3c2)c1. The Hall–Kier alpha value is -4.52. The Morgan fingerprint density at radius 2 is 1.74 bits per heavy atom. The van der Waals surface area contributed by atoms with Gasteiger partial charge >= 0.3 is 0 Å². The van der Waals surface area contributed by atoms with Crippen molar-refractivity contribution in [2.75, 3.05) is 11.9 Å². The van der Waals surface area contributed by atoms with Crippen molar-refractivity contribution in [1.82, 2.24) is 25.1 Å². The zero-order valence-electron chi connectivity index (χ0n) is 21.6. The van der Waals surface area contributed by atoms with Gasteiger partial charge in [-0.1, -0.05) is 51.1 Å². The van der Waals surface area contributed by atoms with E-state index in [9.17, 15) is 4.39 Å². The quantitative estimate of drug-likeness (QED) is 0.216. The number of pyridine rings is 1. The molecule has 0 saturated carbocycles. The lowest BCUT2D eigenvalue weighted by atomic mass is 9.92. The summed E-state index contributed by atoms with van der Waals surface area (Å²) in [5.74, 6) is 0.382. The van der Waals surface area contributed by atoms with E-state index >= 15 is 0 Å². The number of nitrogens with one attached hydrogen (secondary N) is 3. The summed E-state index contributed by atoms with van der Waals surface area (Å²) in [6, 6.07) is 20.8. The van der Waals surface area contributed by atoms with Crippen molar-refractivity contribution in [1.29, 1.82) is 0 Å². The van der Waals surface area contributed by atoms with Crippen molar-refractivity contribution in [3.63, 3.8) is 0 Å². The second kappa shape index (κ2) is 9.41. The van der Waals surface area contributed by atoms with Crippen LogP contribution in [-0.2, 0) is 0 Å². The van der Waals surface area contributed by atoms with Gasteiger partial charge in [0.15, 0.2) is 5.82 Å². The van der Waals surface area contributed by atoms with Gasteiger partial charge < -0.3 is 10.3 Å². The third-order valence-corrected chi connectivity index (χ3v) is 6.71. The average Bonchev–Trinajstić information content (AvgIpc) is 3.51. The minimum absolute atomic E-state index is 0.273. The van der Waals surface area contributed by atoms with Crippen molar-refractivity contribution in [3.05, 3.63) is 84.9 Å². The van der Waals surface area contributed by atoms with E-state index in [-0.39, 0.29) is 11.2 Å². The van der Waals surface area contributed by atoms with E-state index in [1.807, 2.05) is 42.7 Å². The molecule has 6 rings (SSSR count). The van der Waals surface area contributed by atoms with E-state index in [1.165, 1.54) is 12.1 Å². The lowest BCUT2D eigenvalue weighted by Gasteiger charge is -2.18. The zero-order valence-corrected chi connectivity index (χ0v) is 21.6. The summed E-state index contributed by atoms with van der Waals surface area (Å²) >= 11 is 0. The number of rotatable bonds is 6. The van der Waals surface area contributed by atoms with Crippen molar-refractivity contribution in [2.45, 2.75) is 27.2 Å². The monoisotopic (exact) mass is 504 g/mol. The fourth-order valence-corrected chi connectivity index (χ4v) is 4.68. The minimum atomic E-state index is -0.274. The van der Waals surface area contributed by atoms with Crippen LogP contribution in [0, 0.1) is 11.2 Å². The van der Waals surface area contributed by atoms with Crippen LogP contribution in [0.4, 0.5) is 10.1 Å². The first-order valence-electron chi connectivity index (χ1n) is 12.8. The van der Waals surface area contributed by atoms with E-state index in [4.69, 9.17) is 4.98 Å². The molecular weight excluding hydrogens is 475 g/mol. The van der Waals surface area contributed by atoms with Crippen LogP contribution in [0.25, 0.3) is 55.7 Å². The highest BCUT2D eigenvalue weighted by Crippen LogP contribution is 2.33. The number of imidazole rings is 1. The number of benzene rings is 3. The Bertz CT molecular complexity index is 1760. The minimum Gasteiger partial charge on any atom is -0.384 e. The zero-order chi connectivity index (χ0) is 26.3. The van der Waals surface area contributed by atoms with Gasteiger partial charge in [0.25, 0.3) is 0 Å². The predicted octanol–water partition coefficient (Wildman–Crippen LogP) is 7.82. The molecule has 0 radical (unpaired) electrons. The lowest BCUT2D eigenvalue weighted by molar-refractivity contribution is 0.390. The van der Waals surface area contributed by atoms with Crippen LogP contribution >= 0.6 is 0 Å². The van der Waals surface area contributed by atoms with Gasteiger partial charge in [0.2, 0.25) is 0 Å². The fourth-order valence-electron chi connectivity index (χ4n) is 4.68. The van der Waals surface area contributed by atoms with Gasteiger partial charge in [-0.3, -0.25) is 10.1 Å². The molecule has 38 heavy (non-hydrogen) atoms.